The van der Waals surface area contributed by atoms with Crippen LogP contribution < -0.4 is 18.7 Å². The standard InChI is InChI=1S/C24H32O6Se/c1-6-7-13-29-23(18-14-20(26-3)24(28-5)21(15-18)27-4)22(30-17-25-2)16-31-19-11-9-8-10-12-19/h7-15,22-23H,6,16-17H2,1-5H3/b13-7-/t22-,23-/m1/s1. The van der Waals surface area contributed by atoms with Crippen molar-refractivity contribution in [1.29, 1.82) is 0 Å². The molecule has 0 aliphatic heterocycles. The summed E-state index contributed by atoms with van der Waals surface area (Å²) in [6.07, 6.45) is 3.97. The van der Waals surface area contributed by atoms with Crippen molar-refractivity contribution < 1.29 is 28.4 Å². The van der Waals surface area contributed by atoms with Crippen molar-refractivity contribution >= 4 is 19.4 Å². The summed E-state index contributed by atoms with van der Waals surface area (Å²) in [4.78, 5) is 0. The third kappa shape index (κ3) is 7.47. The molecule has 7 heteroatoms. The SMILES string of the molecule is CC/C=C\O[C@H](c1cc(OC)c(OC)c(OC)c1)[C@@H](C[Se]c1ccccc1)OCOC. The van der Waals surface area contributed by atoms with Gasteiger partial charge in [0.25, 0.3) is 0 Å². The van der Waals surface area contributed by atoms with E-state index in [4.69, 9.17) is 28.4 Å². The molecule has 0 fully saturated rings. The molecule has 2 rings (SSSR count). The second-order valence-corrected chi connectivity index (χ2v) is 8.83. The Labute approximate surface area is 191 Å². The number of hydrogen-bond donors (Lipinski definition) is 0. The van der Waals surface area contributed by atoms with Crippen LogP contribution in [-0.4, -0.2) is 56.3 Å². The zero-order valence-corrected chi connectivity index (χ0v) is 20.5. The average molecular weight is 495 g/mol. The van der Waals surface area contributed by atoms with Gasteiger partial charge in [-0.15, -0.1) is 0 Å². The molecular weight excluding hydrogens is 463 g/mol. The molecule has 0 N–H and O–H groups in total. The number of rotatable bonds is 14. The number of allylic oxidation sites excluding steroid dienone is 1. The summed E-state index contributed by atoms with van der Waals surface area (Å²) in [6.45, 7) is 2.24. The van der Waals surface area contributed by atoms with E-state index in [1.54, 1.807) is 34.7 Å². The molecule has 170 valence electrons. The van der Waals surface area contributed by atoms with Gasteiger partial charge in [-0.1, -0.05) is 0 Å². The van der Waals surface area contributed by atoms with Crippen LogP contribution in [0.5, 0.6) is 17.2 Å². The van der Waals surface area contributed by atoms with Crippen molar-refractivity contribution in [3.05, 3.63) is 60.4 Å². The van der Waals surface area contributed by atoms with Crippen LogP contribution in [-0.2, 0) is 14.2 Å². The van der Waals surface area contributed by atoms with Gasteiger partial charge in [-0.3, -0.25) is 0 Å². The van der Waals surface area contributed by atoms with Gasteiger partial charge in [0, 0.05) is 0 Å². The van der Waals surface area contributed by atoms with Gasteiger partial charge in [-0.05, 0) is 0 Å². The Morgan fingerprint density at radius 3 is 2.16 bits per heavy atom. The van der Waals surface area contributed by atoms with Crippen molar-refractivity contribution in [2.75, 3.05) is 35.2 Å². The van der Waals surface area contributed by atoms with E-state index < -0.39 is 0 Å². The molecule has 0 bridgehead atoms. The topological polar surface area (TPSA) is 55.4 Å². The Kier molecular flexibility index (Phi) is 11.3. The summed E-state index contributed by atoms with van der Waals surface area (Å²) in [5, 5.41) is 0.807. The molecule has 0 unspecified atom stereocenters. The minimum atomic E-state index is -0.378. The molecule has 31 heavy (non-hydrogen) atoms. The molecule has 0 aliphatic rings. The van der Waals surface area contributed by atoms with E-state index in [1.165, 1.54) is 4.46 Å². The third-order valence-corrected chi connectivity index (χ3v) is 6.78. The van der Waals surface area contributed by atoms with Crippen molar-refractivity contribution in [2.24, 2.45) is 0 Å². The van der Waals surface area contributed by atoms with Crippen molar-refractivity contribution in [3.63, 3.8) is 0 Å². The summed E-state index contributed by atoms with van der Waals surface area (Å²) in [6, 6.07) is 14.2. The molecule has 0 saturated heterocycles. The number of ether oxygens (including phenoxy) is 6. The first-order chi connectivity index (χ1) is 15.2. The summed E-state index contributed by atoms with van der Waals surface area (Å²) < 4.78 is 35.3. The molecule has 0 saturated carbocycles. The fourth-order valence-electron chi connectivity index (χ4n) is 2.96. The molecule has 0 aromatic heterocycles. The second-order valence-electron chi connectivity index (χ2n) is 6.53. The first kappa shape index (κ1) is 25.1. The zero-order valence-electron chi connectivity index (χ0n) is 18.8. The van der Waals surface area contributed by atoms with E-state index in [0.29, 0.717) is 17.2 Å². The molecule has 0 amide bonds. The van der Waals surface area contributed by atoms with Crippen LogP contribution in [0.15, 0.2) is 54.8 Å². The monoisotopic (exact) mass is 496 g/mol. The number of benzene rings is 2. The van der Waals surface area contributed by atoms with Gasteiger partial charge in [0.2, 0.25) is 0 Å². The van der Waals surface area contributed by atoms with Crippen molar-refractivity contribution in [1.82, 2.24) is 0 Å². The molecule has 0 aliphatic carbocycles. The third-order valence-electron chi connectivity index (χ3n) is 4.47. The van der Waals surface area contributed by atoms with Crippen LogP contribution in [0.1, 0.15) is 25.0 Å². The van der Waals surface area contributed by atoms with Crippen LogP contribution in [0, 0.1) is 0 Å². The molecule has 2 atom stereocenters. The molecule has 2 aromatic carbocycles. The molecule has 0 spiro atoms. The maximum atomic E-state index is 6.19. The summed E-state index contributed by atoms with van der Waals surface area (Å²) >= 11 is 0.205. The Morgan fingerprint density at radius 2 is 1.61 bits per heavy atom. The summed E-state index contributed by atoms with van der Waals surface area (Å²) in [7, 11) is 6.41. The second kappa shape index (κ2) is 14.0. The number of methoxy groups -OCH3 is 4. The Balaban J connectivity index is 2.40. The van der Waals surface area contributed by atoms with Gasteiger partial charge in [-0.25, -0.2) is 0 Å². The van der Waals surface area contributed by atoms with Gasteiger partial charge in [0.05, 0.1) is 0 Å². The predicted octanol–water partition coefficient (Wildman–Crippen LogP) is 4.13. The molecule has 0 heterocycles. The fourth-order valence-corrected chi connectivity index (χ4v) is 5.01. The van der Waals surface area contributed by atoms with Crippen LogP contribution in [0.3, 0.4) is 0 Å². The van der Waals surface area contributed by atoms with E-state index in [0.717, 1.165) is 17.3 Å². The zero-order chi connectivity index (χ0) is 22.5. The van der Waals surface area contributed by atoms with Gasteiger partial charge in [-0.2, -0.15) is 0 Å². The van der Waals surface area contributed by atoms with Crippen LogP contribution >= 0.6 is 0 Å². The van der Waals surface area contributed by atoms with E-state index in [9.17, 15) is 0 Å². The maximum absolute atomic E-state index is 6.19. The molecule has 2 aromatic rings. The minimum absolute atomic E-state index is 0.178. The van der Waals surface area contributed by atoms with E-state index >= 15 is 0 Å². The summed E-state index contributed by atoms with van der Waals surface area (Å²) in [5.74, 6) is 1.69. The molecule has 0 radical (unpaired) electrons. The summed E-state index contributed by atoms with van der Waals surface area (Å²) in [5.41, 5.74) is 0.875. The van der Waals surface area contributed by atoms with Gasteiger partial charge in [0.1, 0.15) is 0 Å². The van der Waals surface area contributed by atoms with Gasteiger partial charge >= 0.3 is 192 Å². The fraction of sp³-hybridized carbons (Fsp3) is 0.417. The van der Waals surface area contributed by atoms with Gasteiger partial charge in [0.15, 0.2) is 0 Å². The Morgan fingerprint density at radius 1 is 0.935 bits per heavy atom. The van der Waals surface area contributed by atoms with Crippen LogP contribution in [0.4, 0.5) is 0 Å². The Bertz CT molecular complexity index is 771. The molecular formula is C24H32O6Se. The predicted molar refractivity (Wildman–Crippen MR) is 123 cm³/mol. The normalized spacial score (nSPS) is 13.1. The van der Waals surface area contributed by atoms with E-state index in [2.05, 4.69) is 31.2 Å². The first-order valence-corrected chi connectivity index (χ1v) is 12.1. The Hall–Kier alpha value is -2.18. The van der Waals surface area contributed by atoms with Crippen molar-refractivity contribution in [3.8, 4) is 17.2 Å². The molecule has 6 nitrogen and oxygen atoms in total. The quantitative estimate of drug-likeness (QED) is 0.223. The van der Waals surface area contributed by atoms with Crippen molar-refractivity contribution in [2.45, 2.75) is 30.9 Å². The van der Waals surface area contributed by atoms with Crippen LogP contribution in [0.2, 0.25) is 5.32 Å². The van der Waals surface area contributed by atoms with Gasteiger partial charge < -0.3 is 0 Å². The first-order valence-electron chi connectivity index (χ1n) is 10.1. The number of hydrogen-bond acceptors (Lipinski definition) is 6. The van der Waals surface area contributed by atoms with E-state index in [-0.39, 0.29) is 34.0 Å². The average Bonchev–Trinajstić information content (AvgIpc) is 2.82. The van der Waals surface area contributed by atoms with Crippen LogP contribution in [0.25, 0.3) is 0 Å². The van der Waals surface area contributed by atoms with E-state index in [1.807, 2.05) is 24.3 Å².